The summed E-state index contributed by atoms with van der Waals surface area (Å²) in [5.74, 6) is 0.821. The van der Waals surface area contributed by atoms with Crippen LogP contribution in [0, 0.1) is 0 Å². The van der Waals surface area contributed by atoms with E-state index in [2.05, 4.69) is 82.3 Å². The van der Waals surface area contributed by atoms with Gasteiger partial charge in [0, 0.05) is 17.1 Å². The van der Waals surface area contributed by atoms with Crippen molar-refractivity contribution in [2.24, 2.45) is 0 Å². The van der Waals surface area contributed by atoms with Gasteiger partial charge in [-0.1, -0.05) is 91.0 Å². The smallest absolute Gasteiger partial charge is 0.138 e. The van der Waals surface area contributed by atoms with Crippen molar-refractivity contribution < 1.29 is 0 Å². The number of rotatable bonds is 5. The molecular weight excluding hydrogens is 526 g/mol. The quantitative estimate of drug-likeness (QED) is 0.214. The lowest BCUT2D eigenvalue weighted by Crippen LogP contribution is -1.99. The van der Waals surface area contributed by atoms with E-state index in [-0.39, 0.29) is 0 Å². The molecule has 43 heavy (non-hydrogen) atoms. The summed E-state index contributed by atoms with van der Waals surface area (Å²) in [4.78, 5) is 19.8. The Balaban J connectivity index is 1.19. The van der Waals surface area contributed by atoms with Crippen LogP contribution in [0.2, 0.25) is 0 Å². The number of nitrogens with zero attached hydrogens (tertiary/aromatic N) is 5. The molecule has 0 N–H and O–H groups in total. The molecule has 0 saturated carbocycles. The largest absolute Gasteiger partial charge is 0.292 e. The van der Waals surface area contributed by atoms with Crippen LogP contribution in [0.1, 0.15) is 0 Å². The highest BCUT2D eigenvalue weighted by atomic mass is 15.1. The highest BCUT2D eigenvalue weighted by Gasteiger charge is 2.15. The average molecular weight is 552 g/mol. The normalized spacial score (nSPS) is 11.3. The van der Waals surface area contributed by atoms with Crippen molar-refractivity contribution >= 4 is 21.9 Å². The molecule has 0 saturated heterocycles. The SMILES string of the molecule is c1ccc(-c2ccccc2-c2cccc(-c3cccc(-c4cccc(-n5c6ccccc6c6ncccc65)n4)n3)n2)cc1. The van der Waals surface area contributed by atoms with Crippen molar-refractivity contribution in [3.63, 3.8) is 0 Å². The van der Waals surface area contributed by atoms with Crippen LogP contribution in [0.5, 0.6) is 0 Å². The first-order chi connectivity index (χ1) is 21.3. The number of benzene rings is 3. The summed E-state index contributed by atoms with van der Waals surface area (Å²) < 4.78 is 2.17. The number of fused-ring (bicyclic) bond motifs is 3. The molecule has 0 aliphatic rings. The summed E-state index contributed by atoms with van der Waals surface area (Å²) in [5, 5.41) is 1.10. The molecule has 0 amide bonds. The zero-order valence-corrected chi connectivity index (χ0v) is 23.2. The van der Waals surface area contributed by atoms with Crippen LogP contribution in [0.4, 0.5) is 0 Å². The first kappa shape index (κ1) is 24.8. The van der Waals surface area contributed by atoms with Gasteiger partial charge in [-0.2, -0.15) is 0 Å². The molecule has 5 heterocycles. The minimum absolute atomic E-state index is 0.787. The Morgan fingerprint density at radius 1 is 0.395 bits per heavy atom. The van der Waals surface area contributed by atoms with Crippen LogP contribution in [0.25, 0.3) is 72.9 Å². The predicted molar refractivity (Wildman–Crippen MR) is 174 cm³/mol. The monoisotopic (exact) mass is 551 g/mol. The van der Waals surface area contributed by atoms with Gasteiger partial charge in [-0.25, -0.2) is 15.0 Å². The Kier molecular flexibility index (Phi) is 6.05. The molecule has 8 aromatic rings. The van der Waals surface area contributed by atoms with Crippen LogP contribution >= 0.6 is 0 Å². The number of hydrogen-bond donors (Lipinski definition) is 0. The topological polar surface area (TPSA) is 56.5 Å². The molecule has 0 aliphatic heterocycles. The molecule has 5 heteroatoms. The molecular formula is C38H25N5. The van der Waals surface area contributed by atoms with Gasteiger partial charge in [0.15, 0.2) is 0 Å². The first-order valence-corrected chi connectivity index (χ1v) is 14.2. The van der Waals surface area contributed by atoms with E-state index in [1.807, 2.05) is 79.0 Å². The van der Waals surface area contributed by atoms with Gasteiger partial charge in [-0.3, -0.25) is 9.55 Å². The van der Waals surface area contributed by atoms with Gasteiger partial charge in [0.2, 0.25) is 0 Å². The fourth-order valence-corrected chi connectivity index (χ4v) is 5.74. The van der Waals surface area contributed by atoms with E-state index in [4.69, 9.17) is 15.0 Å². The van der Waals surface area contributed by atoms with Crippen LogP contribution in [-0.2, 0) is 0 Å². The maximum Gasteiger partial charge on any atom is 0.138 e. The van der Waals surface area contributed by atoms with Crippen molar-refractivity contribution in [3.05, 3.63) is 152 Å². The van der Waals surface area contributed by atoms with Crippen LogP contribution in [-0.4, -0.2) is 24.5 Å². The summed E-state index contributed by atoms with van der Waals surface area (Å²) in [5.41, 5.74) is 10.5. The molecule has 5 nitrogen and oxygen atoms in total. The molecule has 0 aliphatic carbocycles. The summed E-state index contributed by atoms with van der Waals surface area (Å²) in [6.07, 6.45) is 1.84. The van der Waals surface area contributed by atoms with Gasteiger partial charge in [-0.15, -0.1) is 0 Å². The van der Waals surface area contributed by atoms with Gasteiger partial charge in [0.25, 0.3) is 0 Å². The molecule has 5 aromatic heterocycles. The van der Waals surface area contributed by atoms with E-state index in [1.165, 1.54) is 0 Å². The second-order valence-corrected chi connectivity index (χ2v) is 10.3. The van der Waals surface area contributed by atoms with Crippen molar-refractivity contribution in [2.45, 2.75) is 0 Å². The molecule has 0 radical (unpaired) electrons. The van der Waals surface area contributed by atoms with Crippen LogP contribution in [0.3, 0.4) is 0 Å². The lowest BCUT2D eigenvalue weighted by Gasteiger charge is -2.11. The number of hydrogen-bond acceptors (Lipinski definition) is 4. The highest BCUT2D eigenvalue weighted by Crippen LogP contribution is 2.33. The average Bonchev–Trinajstić information content (AvgIpc) is 3.43. The minimum Gasteiger partial charge on any atom is -0.292 e. The van der Waals surface area contributed by atoms with Gasteiger partial charge in [-0.05, 0) is 65.7 Å². The van der Waals surface area contributed by atoms with Gasteiger partial charge in [0.1, 0.15) is 5.82 Å². The molecule has 202 valence electrons. The summed E-state index contributed by atoms with van der Waals surface area (Å²) >= 11 is 0. The van der Waals surface area contributed by atoms with Crippen molar-refractivity contribution in [3.8, 4) is 51.0 Å². The predicted octanol–water partition coefficient (Wildman–Crippen LogP) is 9.03. The third-order valence-electron chi connectivity index (χ3n) is 7.70. The molecule has 0 fully saturated rings. The Bertz CT molecular complexity index is 2200. The maximum atomic E-state index is 5.08. The van der Waals surface area contributed by atoms with Gasteiger partial charge < -0.3 is 0 Å². The first-order valence-electron chi connectivity index (χ1n) is 14.2. The zero-order valence-electron chi connectivity index (χ0n) is 23.2. The van der Waals surface area contributed by atoms with Crippen molar-refractivity contribution in [1.29, 1.82) is 0 Å². The number of pyridine rings is 4. The highest BCUT2D eigenvalue weighted by molar-refractivity contribution is 6.06. The van der Waals surface area contributed by atoms with E-state index < -0.39 is 0 Å². The third-order valence-corrected chi connectivity index (χ3v) is 7.70. The lowest BCUT2D eigenvalue weighted by molar-refractivity contribution is 1.07. The Hall–Kier alpha value is -5.94. The Labute approximate surface area is 248 Å². The second kappa shape index (κ2) is 10.5. The molecule has 0 bridgehead atoms. The van der Waals surface area contributed by atoms with Gasteiger partial charge >= 0.3 is 0 Å². The van der Waals surface area contributed by atoms with Crippen LogP contribution in [0.15, 0.2) is 152 Å². The molecule has 8 rings (SSSR count). The van der Waals surface area contributed by atoms with E-state index >= 15 is 0 Å². The third kappa shape index (κ3) is 4.44. The number of aromatic nitrogens is 5. The fourth-order valence-electron chi connectivity index (χ4n) is 5.74. The number of para-hydroxylation sites is 1. The summed E-state index contributed by atoms with van der Waals surface area (Å²) in [6, 6.07) is 49.4. The standard InChI is InChI=1S/C38H25N5/c1-2-12-26(13-3-1)27-14-4-5-15-28(27)30-17-8-18-31(40-30)32-19-9-20-33(41-32)34-21-10-24-37(42-34)43-35-22-7-6-16-29(35)38-36(43)23-11-25-39-38/h1-25H. The molecule has 0 unspecified atom stereocenters. The maximum absolute atomic E-state index is 5.08. The van der Waals surface area contributed by atoms with E-state index in [9.17, 15) is 0 Å². The van der Waals surface area contributed by atoms with Crippen LogP contribution < -0.4 is 0 Å². The second-order valence-electron chi connectivity index (χ2n) is 10.3. The summed E-state index contributed by atoms with van der Waals surface area (Å²) in [6.45, 7) is 0. The Morgan fingerprint density at radius 2 is 0.977 bits per heavy atom. The molecule has 3 aromatic carbocycles. The lowest BCUT2D eigenvalue weighted by atomic mass is 9.97. The van der Waals surface area contributed by atoms with Crippen molar-refractivity contribution in [1.82, 2.24) is 24.5 Å². The zero-order chi connectivity index (χ0) is 28.6. The van der Waals surface area contributed by atoms with E-state index in [0.29, 0.717) is 0 Å². The van der Waals surface area contributed by atoms with E-state index in [0.717, 1.165) is 72.9 Å². The Morgan fingerprint density at radius 3 is 1.77 bits per heavy atom. The minimum atomic E-state index is 0.787. The van der Waals surface area contributed by atoms with Gasteiger partial charge in [0.05, 0.1) is 45.0 Å². The summed E-state index contributed by atoms with van der Waals surface area (Å²) in [7, 11) is 0. The molecule has 0 spiro atoms. The van der Waals surface area contributed by atoms with Crippen molar-refractivity contribution in [2.75, 3.05) is 0 Å². The van der Waals surface area contributed by atoms with E-state index in [1.54, 1.807) is 0 Å². The molecule has 0 atom stereocenters. The fraction of sp³-hybridized carbons (Fsp3) is 0.